The third-order valence-corrected chi connectivity index (χ3v) is 3.01. The van der Waals surface area contributed by atoms with Crippen LogP contribution in [0.2, 0.25) is 0 Å². The average molecular weight is 254 g/mol. The number of rotatable bonds is 4. The van der Waals surface area contributed by atoms with Crippen molar-refractivity contribution in [3.63, 3.8) is 0 Å². The summed E-state index contributed by atoms with van der Waals surface area (Å²) >= 11 is 1.35. The highest BCUT2D eigenvalue weighted by Crippen LogP contribution is 2.22. The summed E-state index contributed by atoms with van der Waals surface area (Å²) in [4.78, 5) is 4.16. The first-order chi connectivity index (χ1) is 8.22. The van der Waals surface area contributed by atoms with E-state index in [9.17, 15) is 0 Å². The number of nitrogens with two attached hydrogens (primary N) is 1. The van der Waals surface area contributed by atoms with Crippen LogP contribution >= 0.6 is 11.8 Å². The van der Waals surface area contributed by atoms with Crippen LogP contribution in [0.15, 0.2) is 27.2 Å². The van der Waals surface area contributed by atoms with Gasteiger partial charge in [0.15, 0.2) is 16.6 Å². The van der Waals surface area contributed by atoms with Crippen LogP contribution in [0, 0.1) is 0 Å². The summed E-state index contributed by atoms with van der Waals surface area (Å²) in [6.07, 6.45) is 3.56. The highest BCUT2D eigenvalue weighted by molar-refractivity contribution is 7.98. The lowest BCUT2D eigenvalue weighted by molar-refractivity contribution is 0.296. The average Bonchev–Trinajstić information content (AvgIpc) is 2.94. The third kappa shape index (κ3) is 2.38. The van der Waals surface area contributed by atoms with Crippen molar-refractivity contribution in [3.8, 4) is 0 Å². The summed E-state index contributed by atoms with van der Waals surface area (Å²) in [7, 11) is 1.90. The van der Waals surface area contributed by atoms with Gasteiger partial charge in [-0.2, -0.15) is 0 Å². The van der Waals surface area contributed by atoms with Crippen molar-refractivity contribution in [2.24, 2.45) is 17.9 Å². The number of hydrogen-bond acceptors (Lipinski definition) is 7. The first-order valence-electron chi connectivity index (χ1n) is 4.62. The Kier molecular flexibility index (Phi) is 3.28. The number of thioether (sulfide) groups is 1. The predicted octanol–water partition coefficient (Wildman–Crippen LogP) is 0.190. The molecule has 0 aliphatic rings. The van der Waals surface area contributed by atoms with Gasteiger partial charge < -0.3 is 15.5 Å². The molecule has 8 nitrogen and oxygen atoms in total. The zero-order valence-electron chi connectivity index (χ0n) is 8.94. The highest BCUT2D eigenvalue weighted by atomic mass is 32.2. The molecule has 0 spiro atoms. The maximum atomic E-state index is 8.56. The van der Waals surface area contributed by atoms with E-state index in [1.165, 1.54) is 11.8 Å². The van der Waals surface area contributed by atoms with Gasteiger partial charge in [-0.15, -0.1) is 0 Å². The molecular weight excluding hydrogens is 244 g/mol. The first kappa shape index (κ1) is 11.5. The van der Waals surface area contributed by atoms with Crippen molar-refractivity contribution in [1.29, 1.82) is 0 Å². The summed E-state index contributed by atoms with van der Waals surface area (Å²) < 4.78 is 6.44. The van der Waals surface area contributed by atoms with Crippen LogP contribution in [0.5, 0.6) is 0 Å². The van der Waals surface area contributed by atoms with Gasteiger partial charge in [-0.1, -0.05) is 16.9 Å². The number of aromatic nitrogens is 4. The molecule has 0 aliphatic heterocycles. The molecular formula is C8H10N6O2S. The van der Waals surface area contributed by atoms with Gasteiger partial charge in [-0.25, -0.2) is 9.61 Å². The molecule has 9 heteroatoms. The molecule has 2 aromatic rings. The largest absolute Gasteiger partial charge is 0.409 e. The number of imidazole rings is 1. The normalized spacial score (nSPS) is 11.9. The fourth-order valence-electron chi connectivity index (χ4n) is 1.15. The van der Waals surface area contributed by atoms with Crippen molar-refractivity contribution in [2.45, 2.75) is 10.8 Å². The van der Waals surface area contributed by atoms with Crippen LogP contribution in [0.3, 0.4) is 0 Å². The van der Waals surface area contributed by atoms with Gasteiger partial charge in [-0.05, 0) is 10.3 Å². The van der Waals surface area contributed by atoms with Gasteiger partial charge >= 0.3 is 0 Å². The Morgan fingerprint density at radius 2 is 2.47 bits per heavy atom. The minimum absolute atomic E-state index is 0.131. The number of aryl methyl sites for hydroxylation is 1. The Labute approximate surface area is 100 Å². The van der Waals surface area contributed by atoms with Crippen molar-refractivity contribution in [2.75, 3.05) is 0 Å². The number of nitrogens with zero attached hydrogens (tertiary/aromatic N) is 5. The molecule has 0 fully saturated rings. The van der Waals surface area contributed by atoms with Gasteiger partial charge in [0, 0.05) is 19.4 Å². The molecule has 2 heterocycles. The molecule has 0 saturated carbocycles. The smallest absolute Gasteiger partial charge is 0.195 e. The second-order valence-electron chi connectivity index (χ2n) is 3.15. The van der Waals surface area contributed by atoms with Crippen LogP contribution in [0.1, 0.15) is 11.5 Å². The lowest BCUT2D eigenvalue weighted by Gasteiger charge is -1.99. The molecule has 0 unspecified atom stereocenters. The van der Waals surface area contributed by atoms with E-state index >= 15 is 0 Å². The lowest BCUT2D eigenvalue weighted by atomic mass is 10.4. The standard InChI is InChI=1S/C8H10N6O2S/c1-14-3-2-10-5(14)4-17-8-6(7(9)11-15)12-16-13-8/h2-3,15H,4H2,1H3,(H2,9,11). The van der Waals surface area contributed by atoms with Gasteiger partial charge in [0.25, 0.3) is 0 Å². The molecule has 0 aliphatic carbocycles. The molecule has 0 aromatic carbocycles. The van der Waals surface area contributed by atoms with Crippen LogP contribution in [0.4, 0.5) is 0 Å². The van der Waals surface area contributed by atoms with E-state index in [2.05, 4.69) is 25.1 Å². The molecule has 0 bridgehead atoms. The molecule has 3 N–H and O–H groups in total. The summed E-state index contributed by atoms with van der Waals surface area (Å²) in [5.74, 6) is 1.33. The Balaban J connectivity index is 2.10. The Morgan fingerprint density at radius 1 is 1.65 bits per heavy atom. The topological polar surface area (TPSA) is 115 Å². The second-order valence-corrected chi connectivity index (χ2v) is 4.11. The number of hydrogen-bond donors (Lipinski definition) is 2. The van der Waals surface area contributed by atoms with Gasteiger partial charge in [0.2, 0.25) is 0 Å². The molecule has 0 atom stereocenters. The summed E-state index contributed by atoms with van der Waals surface area (Å²) in [5, 5.41) is 19.1. The van der Waals surface area contributed by atoms with Crippen LogP contribution in [-0.2, 0) is 12.8 Å². The van der Waals surface area contributed by atoms with E-state index in [4.69, 9.17) is 10.9 Å². The minimum atomic E-state index is -0.131. The predicted molar refractivity (Wildman–Crippen MR) is 59.6 cm³/mol. The highest BCUT2D eigenvalue weighted by Gasteiger charge is 2.15. The van der Waals surface area contributed by atoms with E-state index in [0.717, 1.165) is 5.82 Å². The summed E-state index contributed by atoms with van der Waals surface area (Å²) in [6.45, 7) is 0. The summed E-state index contributed by atoms with van der Waals surface area (Å²) in [5.41, 5.74) is 5.65. The monoisotopic (exact) mass is 254 g/mol. The fraction of sp³-hybridized carbons (Fsp3) is 0.250. The van der Waals surface area contributed by atoms with E-state index < -0.39 is 0 Å². The zero-order chi connectivity index (χ0) is 12.3. The SMILES string of the molecule is Cn1ccnc1CSc1nonc1/C(N)=N/O. The quantitative estimate of drug-likeness (QED) is 0.263. The first-order valence-corrected chi connectivity index (χ1v) is 5.60. The Hall–Kier alpha value is -2.03. The Bertz CT molecular complexity index is 534. The number of amidine groups is 1. The second kappa shape index (κ2) is 4.87. The molecule has 0 saturated heterocycles. The Morgan fingerprint density at radius 3 is 3.12 bits per heavy atom. The minimum Gasteiger partial charge on any atom is -0.409 e. The molecule has 0 amide bonds. The van der Waals surface area contributed by atoms with Gasteiger partial charge in [-0.3, -0.25) is 0 Å². The van der Waals surface area contributed by atoms with Crippen LogP contribution < -0.4 is 5.73 Å². The van der Waals surface area contributed by atoms with E-state index in [1.54, 1.807) is 6.20 Å². The van der Waals surface area contributed by atoms with Crippen molar-refractivity contribution >= 4 is 17.6 Å². The molecule has 17 heavy (non-hydrogen) atoms. The van der Waals surface area contributed by atoms with E-state index in [-0.39, 0.29) is 11.5 Å². The molecule has 2 aromatic heterocycles. The van der Waals surface area contributed by atoms with E-state index in [0.29, 0.717) is 10.8 Å². The van der Waals surface area contributed by atoms with Crippen molar-refractivity contribution in [1.82, 2.24) is 19.9 Å². The number of oxime groups is 1. The van der Waals surface area contributed by atoms with E-state index in [1.807, 2.05) is 17.8 Å². The van der Waals surface area contributed by atoms with Crippen molar-refractivity contribution in [3.05, 3.63) is 23.9 Å². The summed E-state index contributed by atoms with van der Waals surface area (Å²) in [6, 6.07) is 0. The molecule has 90 valence electrons. The van der Waals surface area contributed by atoms with Crippen molar-refractivity contribution < 1.29 is 9.84 Å². The fourth-order valence-corrected chi connectivity index (χ4v) is 2.06. The maximum Gasteiger partial charge on any atom is 0.195 e. The van der Waals surface area contributed by atoms with Crippen LogP contribution in [0.25, 0.3) is 0 Å². The van der Waals surface area contributed by atoms with Crippen LogP contribution in [-0.4, -0.2) is 30.9 Å². The zero-order valence-corrected chi connectivity index (χ0v) is 9.76. The maximum absolute atomic E-state index is 8.56. The molecule has 2 rings (SSSR count). The van der Waals surface area contributed by atoms with Gasteiger partial charge in [0.1, 0.15) is 5.82 Å². The van der Waals surface area contributed by atoms with Gasteiger partial charge in [0.05, 0.1) is 5.75 Å². The third-order valence-electron chi connectivity index (χ3n) is 2.07. The lowest BCUT2D eigenvalue weighted by Crippen LogP contribution is -2.14. The molecule has 0 radical (unpaired) electrons.